The predicted octanol–water partition coefficient (Wildman–Crippen LogP) is 3.97. The minimum absolute atomic E-state index is 0.207. The van der Waals surface area contributed by atoms with Crippen molar-refractivity contribution in [3.05, 3.63) is 67.1 Å². The largest absolute Gasteiger partial charge is 0.390 e. The van der Waals surface area contributed by atoms with Crippen LogP contribution in [-0.2, 0) is 17.8 Å². The number of aliphatic hydroxyl groups is 1. The number of benzene rings is 1. The number of carbonyl (C=O) groups excluding carboxylic acids is 1. The molecule has 26 heavy (non-hydrogen) atoms. The van der Waals surface area contributed by atoms with Gasteiger partial charge in [-0.2, -0.15) is 0 Å². The molecule has 0 aliphatic heterocycles. The number of para-hydroxylation sites is 1. The summed E-state index contributed by atoms with van der Waals surface area (Å²) >= 11 is 19.0. The fourth-order valence-corrected chi connectivity index (χ4v) is 3.68. The predicted molar refractivity (Wildman–Crippen MR) is 103 cm³/mol. The summed E-state index contributed by atoms with van der Waals surface area (Å²) in [6.45, 7) is -0.422. The minimum atomic E-state index is -0.422. The zero-order valence-corrected chi connectivity index (χ0v) is 15.6. The average molecular weight is 412 g/mol. The normalized spacial score (nSPS) is 11.1. The highest BCUT2D eigenvalue weighted by Gasteiger charge is 2.20. The quantitative estimate of drug-likeness (QED) is 0.645. The third-order valence-electron chi connectivity index (χ3n) is 3.96. The number of rotatable bonds is 5. The van der Waals surface area contributed by atoms with E-state index in [1.54, 1.807) is 22.8 Å². The lowest BCUT2D eigenvalue weighted by Crippen LogP contribution is -2.16. The van der Waals surface area contributed by atoms with Crippen molar-refractivity contribution in [3.8, 4) is 5.69 Å². The van der Waals surface area contributed by atoms with Gasteiger partial charge < -0.3 is 14.5 Å². The van der Waals surface area contributed by atoms with E-state index in [2.05, 4.69) is 4.98 Å². The van der Waals surface area contributed by atoms with Gasteiger partial charge in [0, 0.05) is 18.7 Å². The lowest BCUT2D eigenvalue weighted by Gasteiger charge is -2.20. The van der Waals surface area contributed by atoms with Crippen LogP contribution in [0.3, 0.4) is 0 Å². The maximum atomic E-state index is 12.7. The zero-order chi connectivity index (χ0) is 18.8. The molecule has 1 N–H and O–H groups in total. The molecule has 0 atom stereocenters. The lowest BCUT2D eigenvalue weighted by atomic mass is 10.1. The van der Waals surface area contributed by atoms with E-state index in [0.29, 0.717) is 33.4 Å². The van der Waals surface area contributed by atoms with Gasteiger partial charge in [0.25, 0.3) is 0 Å². The molecule has 5 nitrogen and oxygen atoms in total. The van der Waals surface area contributed by atoms with E-state index in [-0.39, 0.29) is 28.0 Å². The first-order chi connectivity index (χ1) is 12.5. The molecule has 3 rings (SSSR count). The first-order valence-electron chi connectivity index (χ1n) is 7.70. The van der Waals surface area contributed by atoms with Crippen molar-refractivity contribution in [3.63, 3.8) is 0 Å². The number of aromatic nitrogens is 2. The molecule has 0 aliphatic rings. The van der Waals surface area contributed by atoms with Gasteiger partial charge in [0.15, 0.2) is 5.43 Å². The summed E-state index contributed by atoms with van der Waals surface area (Å²) in [6, 6.07) is 6.28. The number of fused-ring (bicyclic) bond motifs is 1. The highest BCUT2D eigenvalue weighted by atomic mass is 35.5. The van der Waals surface area contributed by atoms with E-state index in [1.165, 1.54) is 12.3 Å². The second-order valence-corrected chi connectivity index (χ2v) is 6.77. The van der Waals surface area contributed by atoms with Crippen LogP contribution in [0.25, 0.3) is 16.6 Å². The molecular formula is C18H13Cl3N2O3. The smallest absolute Gasteiger partial charge is 0.191 e. The molecule has 0 fully saturated rings. The maximum Gasteiger partial charge on any atom is 0.191 e. The summed E-state index contributed by atoms with van der Waals surface area (Å²) in [5.41, 5.74) is 1.13. The molecule has 0 unspecified atom stereocenters. The summed E-state index contributed by atoms with van der Waals surface area (Å²) < 4.78 is 1.57. The molecule has 0 amide bonds. The molecule has 0 saturated carbocycles. The van der Waals surface area contributed by atoms with E-state index in [9.17, 15) is 14.7 Å². The third kappa shape index (κ3) is 3.23. The molecule has 0 aliphatic carbocycles. The van der Waals surface area contributed by atoms with Gasteiger partial charge in [-0.25, -0.2) is 0 Å². The van der Waals surface area contributed by atoms with Gasteiger partial charge in [-0.15, -0.1) is 0 Å². The van der Waals surface area contributed by atoms with E-state index >= 15 is 0 Å². The summed E-state index contributed by atoms with van der Waals surface area (Å²) in [5, 5.41) is 10.9. The number of hydrogen-bond donors (Lipinski definition) is 1. The molecule has 0 bridgehead atoms. The Morgan fingerprint density at radius 1 is 1.15 bits per heavy atom. The SMILES string of the molecule is O=CCCc1ncc(Cl)c2c1c(=O)cc(CO)n2-c1c(Cl)cccc1Cl. The van der Waals surface area contributed by atoms with Crippen molar-refractivity contribution in [2.45, 2.75) is 19.4 Å². The number of aldehydes is 1. The average Bonchev–Trinajstić information content (AvgIpc) is 2.62. The Labute approximate surface area is 163 Å². The first-order valence-corrected chi connectivity index (χ1v) is 8.83. The molecule has 2 heterocycles. The topological polar surface area (TPSA) is 72.2 Å². The molecular weight excluding hydrogens is 399 g/mol. The third-order valence-corrected chi connectivity index (χ3v) is 4.85. The van der Waals surface area contributed by atoms with Crippen LogP contribution in [0.15, 0.2) is 35.3 Å². The molecule has 134 valence electrons. The van der Waals surface area contributed by atoms with Crippen molar-refractivity contribution in [1.29, 1.82) is 0 Å². The van der Waals surface area contributed by atoms with Crippen LogP contribution in [0, 0.1) is 0 Å². The van der Waals surface area contributed by atoms with Crippen LogP contribution < -0.4 is 5.43 Å². The maximum absolute atomic E-state index is 12.7. The summed E-state index contributed by atoms with van der Waals surface area (Å²) in [4.78, 5) is 27.6. The number of nitrogens with zero attached hydrogens (tertiary/aromatic N) is 2. The standard InChI is InChI=1S/C18H13Cl3N2O3/c19-11-3-1-4-12(20)17(11)23-10(9-25)7-15(26)16-14(5-2-6-24)22-8-13(21)18(16)23/h1,3-4,6-8,25H,2,5,9H2. The lowest BCUT2D eigenvalue weighted by molar-refractivity contribution is -0.107. The number of halogens is 3. The van der Waals surface area contributed by atoms with E-state index < -0.39 is 6.61 Å². The van der Waals surface area contributed by atoms with Gasteiger partial charge in [-0.3, -0.25) is 9.78 Å². The summed E-state index contributed by atoms with van der Waals surface area (Å²) in [6.07, 6.45) is 2.68. The van der Waals surface area contributed by atoms with E-state index in [1.807, 2.05) is 0 Å². The van der Waals surface area contributed by atoms with Crippen LogP contribution in [-0.4, -0.2) is 20.9 Å². The van der Waals surface area contributed by atoms with Crippen LogP contribution in [0.4, 0.5) is 0 Å². The second-order valence-electron chi connectivity index (χ2n) is 5.55. The highest BCUT2D eigenvalue weighted by Crippen LogP contribution is 2.34. The Morgan fingerprint density at radius 3 is 2.46 bits per heavy atom. The molecule has 2 aromatic heterocycles. The Morgan fingerprint density at radius 2 is 1.85 bits per heavy atom. The fraction of sp³-hybridized carbons (Fsp3) is 0.167. The van der Waals surface area contributed by atoms with Gasteiger partial charge in [0.05, 0.1) is 49.7 Å². The first kappa shape index (κ1) is 18.9. The molecule has 0 spiro atoms. The van der Waals surface area contributed by atoms with Crippen LogP contribution >= 0.6 is 34.8 Å². The van der Waals surface area contributed by atoms with Crippen LogP contribution in [0.2, 0.25) is 15.1 Å². The molecule has 0 saturated heterocycles. The second kappa shape index (κ2) is 7.76. The summed E-state index contributed by atoms with van der Waals surface area (Å²) in [7, 11) is 0. The molecule has 3 aromatic rings. The number of carbonyl (C=O) groups is 1. The molecule has 8 heteroatoms. The number of hydrogen-bond acceptors (Lipinski definition) is 4. The summed E-state index contributed by atoms with van der Waals surface area (Å²) in [5.74, 6) is 0. The molecule has 0 radical (unpaired) electrons. The van der Waals surface area contributed by atoms with Crippen molar-refractivity contribution in [2.75, 3.05) is 0 Å². The van der Waals surface area contributed by atoms with Crippen LogP contribution in [0.5, 0.6) is 0 Å². The van der Waals surface area contributed by atoms with Crippen LogP contribution in [0.1, 0.15) is 17.8 Å². The Kier molecular flexibility index (Phi) is 5.63. The van der Waals surface area contributed by atoms with E-state index in [0.717, 1.165) is 6.29 Å². The number of aliphatic hydroxyl groups excluding tert-OH is 1. The van der Waals surface area contributed by atoms with Gasteiger partial charge in [0.2, 0.25) is 0 Å². The Balaban J connectivity index is 2.51. The number of aryl methyl sites for hydroxylation is 1. The van der Waals surface area contributed by atoms with Gasteiger partial charge >= 0.3 is 0 Å². The fourth-order valence-electron chi connectivity index (χ4n) is 2.89. The van der Waals surface area contributed by atoms with Gasteiger partial charge in [0.1, 0.15) is 6.29 Å². The minimum Gasteiger partial charge on any atom is -0.390 e. The number of pyridine rings is 2. The van der Waals surface area contributed by atoms with Gasteiger partial charge in [-0.1, -0.05) is 40.9 Å². The van der Waals surface area contributed by atoms with Crippen molar-refractivity contribution >= 4 is 52.0 Å². The Hall–Kier alpha value is -1.92. The Bertz CT molecular complexity index is 1040. The van der Waals surface area contributed by atoms with Crippen molar-refractivity contribution < 1.29 is 9.90 Å². The molecule has 1 aromatic carbocycles. The monoisotopic (exact) mass is 410 g/mol. The zero-order valence-electron chi connectivity index (χ0n) is 13.4. The van der Waals surface area contributed by atoms with Crippen molar-refractivity contribution in [2.24, 2.45) is 0 Å². The van der Waals surface area contributed by atoms with Gasteiger partial charge in [-0.05, 0) is 18.6 Å². The highest BCUT2D eigenvalue weighted by molar-refractivity contribution is 6.38. The van der Waals surface area contributed by atoms with E-state index in [4.69, 9.17) is 34.8 Å². The van der Waals surface area contributed by atoms with Crippen molar-refractivity contribution in [1.82, 2.24) is 9.55 Å².